The smallest absolute Gasteiger partial charge is 0.276 e. The van der Waals surface area contributed by atoms with E-state index in [4.69, 9.17) is 5.73 Å². The van der Waals surface area contributed by atoms with Crippen LogP contribution in [0.1, 0.15) is 28.7 Å². The molecule has 3 aromatic heterocycles. The lowest BCUT2D eigenvalue weighted by Gasteiger charge is -2.11. The summed E-state index contributed by atoms with van der Waals surface area (Å²) in [4.78, 5) is 21.9. The second kappa shape index (κ2) is 7.58. The molecule has 0 radical (unpaired) electrons. The van der Waals surface area contributed by atoms with Gasteiger partial charge in [-0.05, 0) is 42.3 Å². The molecule has 0 aliphatic carbocycles. The summed E-state index contributed by atoms with van der Waals surface area (Å²) in [5.74, 6) is 0.163. The number of rotatable bonds is 5. The Balaban J connectivity index is 1.77. The summed E-state index contributed by atoms with van der Waals surface area (Å²) in [6.07, 6.45) is 4.23. The summed E-state index contributed by atoms with van der Waals surface area (Å²) < 4.78 is 1.66. The maximum absolute atomic E-state index is 13.0. The van der Waals surface area contributed by atoms with Gasteiger partial charge in [0, 0.05) is 24.5 Å². The van der Waals surface area contributed by atoms with Crippen LogP contribution in [-0.4, -0.2) is 25.5 Å². The number of aromatic nitrogens is 4. The molecule has 0 fully saturated rings. The van der Waals surface area contributed by atoms with Crippen molar-refractivity contribution in [3.63, 3.8) is 0 Å². The highest BCUT2D eigenvalue weighted by molar-refractivity contribution is 6.07. The predicted molar refractivity (Wildman–Crippen MR) is 108 cm³/mol. The fraction of sp³-hybridized carbons (Fsp3) is 0.143. The first kappa shape index (κ1) is 17.8. The number of fused-ring (bicyclic) bond motifs is 1. The number of carbonyl (C=O) groups is 1. The number of nitrogens with zero attached hydrogens (tertiary/aromatic N) is 4. The van der Waals surface area contributed by atoms with Gasteiger partial charge in [-0.2, -0.15) is 0 Å². The van der Waals surface area contributed by atoms with E-state index < -0.39 is 0 Å². The van der Waals surface area contributed by atoms with Crippen molar-refractivity contribution in [3.05, 3.63) is 77.9 Å². The van der Waals surface area contributed by atoms with E-state index in [1.54, 1.807) is 23.0 Å². The topological polar surface area (TPSA) is 98.2 Å². The zero-order valence-electron chi connectivity index (χ0n) is 15.5. The van der Waals surface area contributed by atoms with E-state index in [2.05, 4.69) is 20.4 Å². The fourth-order valence-corrected chi connectivity index (χ4v) is 3.08. The number of amides is 1. The Hall–Kier alpha value is -3.58. The zero-order chi connectivity index (χ0) is 19.5. The monoisotopic (exact) mass is 372 g/mol. The fourth-order valence-electron chi connectivity index (χ4n) is 3.08. The SMILES string of the molecule is CCc1ncccc1NC(=O)c1nc(-c2cccc(CN)c2)nn2cccc12. The van der Waals surface area contributed by atoms with Crippen LogP contribution >= 0.6 is 0 Å². The predicted octanol–water partition coefficient (Wildman–Crippen LogP) is 3.06. The van der Waals surface area contributed by atoms with Crippen molar-refractivity contribution in [1.29, 1.82) is 0 Å². The Morgan fingerprint density at radius 1 is 1.18 bits per heavy atom. The number of anilines is 1. The number of aryl methyl sites for hydroxylation is 1. The van der Waals surface area contributed by atoms with Crippen LogP contribution in [0.15, 0.2) is 60.9 Å². The molecule has 1 amide bonds. The lowest BCUT2D eigenvalue weighted by molar-refractivity contribution is 0.102. The van der Waals surface area contributed by atoms with Crippen molar-refractivity contribution in [2.24, 2.45) is 5.73 Å². The van der Waals surface area contributed by atoms with E-state index in [9.17, 15) is 4.79 Å². The summed E-state index contributed by atoms with van der Waals surface area (Å²) in [7, 11) is 0. The van der Waals surface area contributed by atoms with Crippen molar-refractivity contribution < 1.29 is 4.79 Å². The van der Waals surface area contributed by atoms with E-state index in [1.807, 2.05) is 49.4 Å². The number of pyridine rings is 1. The first-order valence-corrected chi connectivity index (χ1v) is 9.09. The third kappa shape index (κ3) is 3.35. The average Bonchev–Trinajstić information content (AvgIpc) is 3.22. The molecule has 1 aromatic carbocycles. The Labute approximate surface area is 162 Å². The van der Waals surface area contributed by atoms with Crippen molar-refractivity contribution in [2.45, 2.75) is 19.9 Å². The molecule has 0 atom stereocenters. The highest BCUT2D eigenvalue weighted by atomic mass is 16.1. The van der Waals surface area contributed by atoms with Gasteiger partial charge in [-0.3, -0.25) is 9.78 Å². The minimum Gasteiger partial charge on any atom is -0.326 e. The minimum atomic E-state index is -0.301. The molecular weight excluding hydrogens is 352 g/mol. The van der Waals surface area contributed by atoms with Crippen LogP contribution in [0, 0.1) is 0 Å². The van der Waals surface area contributed by atoms with Crippen LogP contribution in [0.5, 0.6) is 0 Å². The van der Waals surface area contributed by atoms with Gasteiger partial charge in [-0.25, -0.2) is 9.50 Å². The molecule has 3 heterocycles. The van der Waals surface area contributed by atoms with Crippen LogP contribution in [0.25, 0.3) is 16.9 Å². The molecule has 0 saturated carbocycles. The summed E-state index contributed by atoms with van der Waals surface area (Å²) in [5, 5.41) is 7.47. The lowest BCUT2D eigenvalue weighted by Crippen LogP contribution is -2.18. The van der Waals surface area contributed by atoms with Crippen molar-refractivity contribution in [3.8, 4) is 11.4 Å². The van der Waals surface area contributed by atoms with E-state index in [1.165, 1.54) is 0 Å². The largest absolute Gasteiger partial charge is 0.326 e. The molecule has 140 valence electrons. The highest BCUT2D eigenvalue weighted by Crippen LogP contribution is 2.21. The molecular formula is C21H20N6O. The van der Waals surface area contributed by atoms with Crippen LogP contribution < -0.4 is 11.1 Å². The van der Waals surface area contributed by atoms with Crippen molar-refractivity contribution >= 4 is 17.1 Å². The number of carbonyl (C=O) groups excluding carboxylic acids is 1. The van der Waals surface area contributed by atoms with Crippen molar-refractivity contribution in [1.82, 2.24) is 19.6 Å². The molecule has 0 aliphatic heterocycles. The molecule has 7 heteroatoms. The number of nitrogens with two attached hydrogens (primary N) is 1. The lowest BCUT2D eigenvalue weighted by atomic mass is 10.1. The van der Waals surface area contributed by atoms with Gasteiger partial charge in [0.15, 0.2) is 11.5 Å². The molecule has 7 nitrogen and oxygen atoms in total. The molecule has 0 bridgehead atoms. The van der Waals surface area contributed by atoms with Crippen LogP contribution in [0.3, 0.4) is 0 Å². The van der Waals surface area contributed by atoms with E-state index in [0.29, 0.717) is 29.3 Å². The standard InChI is InChI=1S/C21H20N6O/c1-2-16-17(8-4-10-23-16)24-21(28)19-18-9-5-11-27(18)26-20(25-19)15-7-3-6-14(12-15)13-22/h3-12H,2,13,22H2,1H3,(H,24,28). The van der Waals surface area contributed by atoms with Gasteiger partial charge in [0.2, 0.25) is 0 Å². The van der Waals surface area contributed by atoms with Crippen LogP contribution in [0.4, 0.5) is 5.69 Å². The maximum Gasteiger partial charge on any atom is 0.276 e. The normalized spacial score (nSPS) is 10.9. The highest BCUT2D eigenvalue weighted by Gasteiger charge is 2.17. The van der Waals surface area contributed by atoms with Gasteiger partial charge in [-0.15, -0.1) is 5.10 Å². The number of hydrogen-bond acceptors (Lipinski definition) is 5. The van der Waals surface area contributed by atoms with Crippen LogP contribution in [0.2, 0.25) is 0 Å². The summed E-state index contributed by atoms with van der Waals surface area (Å²) in [5.41, 5.74) is 9.98. The minimum absolute atomic E-state index is 0.301. The summed E-state index contributed by atoms with van der Waals surface area (Å²) in [6.45, 7) is 2.42. The third-order valence-electron chi connectivity index (χ3n) is 4.50. The Kier molecular flexibility index (Phi) is 4.82. The second-order valence-electron chi connectivity index (χ2n) is 6.33. The number of nitrogens with one attached hydrogen (secondary N) is 1. The molecule has 28 heavy (non-hydrogen) atoms. The summed E-state index contributed by atoms with van der Waals surface area (Å²) >= 11 is 0. The molecule has 0 saturated heterocycles. The van der Waals surface area contributed by atoms with E-state index in [-0.39, 0.29) is 5.91 Å². The van der Waals surface area contributed by atoms with Crippen LogP contribution in [-0.2, 0) is 13.0 Å². The molecule has 3 N–H and O–H groups in total. The maximum atomic E-state index is 13.0. The van der Waals surface area contributed by atoms with Gasteiger partial charge in [0.25, 0.3) is 5.91 Å². The third-order valence-corrected chi connectivity index (χ3v) is 4.50. The molecule has 4 rings (SSSR count). The number of benzene rings is 1. The Morgan fingerprint density at radius 2 is 2.07 bits per heavy atom. The van der Waals surface area contributed by atoms with E-state index >= 15 is 0 Å². The van der Waals surface area contributed by atoms with E-state index in [0.717, 1.165) is 23.2 Å². The van der Waals surface area contributed by atoms with Gasteiger partial charge in [-0.1, -0.05) is 25.1 Å². The molecule has 0 spiro atoms. The van der Waals surface area contributed by atoms with Gasteiger partial charge in [0.05, 0.1) is 16.9 Å². The first-order chi connectivity index (χ1) is 13.7. The van der Waals surface area contributed by atoms with Gasteiger partial charge >= 0.3 is 0 Å². The molecule has 4 aromatic rings. The van der Waals surface area contributed by atoms with Gasteiger partial charge in [0.1, 0.15) is 0 Å². The molecule has 0 aliphatic rings. The van der Waals surface area contributed by atoms with Gasteiger partial charge < -0.3 is 11.1 Å². The first-order valence-electron chi connectivity index (χ1n) is 9.09. The zero-order valence-corrected chi connectivity index (χ0v) is 15.5. The Morgan fingerprint density at radius 3 is 2.89 bits per heavy atom. The van der Waals surface area contributed by atoms with Crippen molar-refractivity contribution in [2.75, 3.05) is 5.32 Å². The average molecular weight is 372 g/mol. The summed E-state index contributed by atoms with van der Waals surface area (Å²) in [6, 6.07) is 15.0. The molecule has 0 unspecified atom stereocenters. The quantitative estimate of drug-likeness (QED) is 0.561. The number of hydrogen-bond donors (Lipinski definition) is 2. The second-order valence-corrected chi connectivity index (χ2v) is 6.33. The Bertz CT molecular complexity index is 1150.